The Labute approximate surface area is 153 Å². The Kier molecular flexibility index (Phi) is 7.22. The molecule has 6 heteroatoms. The van der Waals surface area contributed by atoms with Gasteiger partial charge in [0.25, 0.3) is 0 Å². The summed E-state index contributed by atoms with van der Waals surface area (Å²) in [6, 6.07) is 9.56. The molecule has 0 aliphatic carbocycles. The van der Waals surface area contributed by atoms with E-state index in [9.17, 15) is 0 Å². The first-order valence-corrected chi connectivity index (χ1v) is 8.32. The van der Waals surface area contributed by atoms with Crippen molar-refractivity contribution in [3.63, 3.8) is 0 Å². The van der Waals surface area contributed by atoms with Crippen molar-refractivity contribution in [3.8, 4) is 23.0 Å². The molecule has 0 atom stereocenters. The zero-order valence-corrected chi connectivity index (χ0v) is 15.8. The van der Waals surface area contributed by atoms with Crippen molar-refractivity contribution in [3.05, 3.63) is 46.5 Å². The molecule has 0 fully saturated rings. The van der Waals surface area contributed by atoms with Gasteiger partial charge in [-0.05, 0) is 36.7 Å². The smallest absolute Gasteiger partial charge is 0.165 e. The average molecular weight is 366 g/mol. The molecule has 5 nitrogen and oxygen atoms in total. The lowest BCUT2D eigenvalue weighted by atomic mass is 10.1. The van der Waals surface area contributed by atoms with E-state index in [-0.39, 0.29) is 0 Å². The van der Waals surface area contributed by atoms with Crippen molar-refractivity contribution >= 4 is 11.6 Å². The highest BCUT2D eigenvalue weighted by molar-refractivity contribution is 6.30. The molecule has 0 unspecified atom stereocenters. The largest absolute Gasteiger partial charge is 0.493 e. The van der Waals surface area contributed by atoms with Gasteiger partial charge in [-0.2, -0.15) is 0 Å². The van der Waals surface area contributed by atoms with Gasteiger partial charge in [0, 0.05) is 23.2 Å². The normalized spacial score (nSPS) is 10.4. The fraction of sp³-hybridized carbons (Fsp3) is 0.368. The predicted molar refractivity (Wildman–Crippen MR) is 99.5 cm³/mol. The van der Waals surface area contributed by atoms with Crippen molar-refractivity contribution in [2.45, 2.75) is 13.0 Å². The van der Waals surface area contributed by atoms with E-state index >= 15 is 0 Å². The Morgan fingerprint density at radius 2 is 1.56 bits per heavy atom. The minimum absolute atomic E-state index is 0.620. The lowest BCUT2D eigenvalue weighted by Crippen LogP contribution is -2.17. The molecule has 0 amide bonds. The highest BCUT2D eigenvalue weighted by Crippen LogP contribution is 2.34. The molecule has 136 valence electrons. The number of methoxy groups -OCH3 is 4. The summed E-state index contributed by atoms with van der Waals surface area (Å²) >= 11 is 6.14. The molecule has 0 aromatic heterocycles. The molecule has 0 bridgehead atoms. The van der Waals surface area contributed by atoms with E-state index in [1.807, 2.05) is 24.3 Å². The highest BCUT2D eigenvalue weighted by atomic mass is 35.5. The Bertz CT molecular complexity index is 706. The van der Waals surface area contributed by atoms with Gasteiger partial charge in [-0.1, -0.05) is 17.7 Å². The van der Waals surface area contributed by atoms with Crippen LogP contribution in [0.2, 0.25) is 5.02 Å². The van der Waals surface area contributed by atoms with E-state index in [2.05, 4.69) is 5.32 Å². The average Bonchev–Trinajstić information content (AvgIpc) is 2.64. The van der Waals surface area contributed by atoms with Gasteiger partial charge in [0.1, 0.15) is 0 Å². The third-order valence-corrected chi connectivity index (χ3v) is 4.09. The van der Waals surface area contributed by atoms with Crippen molar-refractivity contribution in [2.24, 2.45) is 0 Å². The number of hydrogen-bond acceptors (Lipinski definition) is 5. The zero-order valence-electron chi connectivity index (χ0n) is 15.0. The summed E-state index contributed by atoms with van der Waals surface area (Å²) in [6.45, 7) is 1.43. The van der Waals surface area contributed by atoms with E-state index in [1.54, 1.807) is 34.5 Å². The lowest BCUT2D eigenvalue weighted by Gasteiger charge is -2.14. The Morgan fingerprint density at radius 3 is 2.20 bits per heavy atom. The third kappa shape index (κ3) is 4.94. The summed E-state index contributed by atoms with van der Waals surface area (Å²) in [5, 5.41) is 4.02. The molecule has 2 aromatic carbocycles. The van der Waals surface area contributed by atoms with Gasteiger partial charge in [-0.3, -0.25) is 0 Å². The highest BCUT2D eigenvalue weighted by Gasteiger charge is 2.11. The second-order valence-electron chi connectivity index (χ2n) is 5.42. The van der Waals surface area contributed by atoms with E-state index in [1.165, 1.54) is 5.56 Å². The fourth-order valence-electron chi connectivity index (χ4n) is 2.63. The maximum atomic E-state index is 6.14. The van der Waals surface area contributed by atoms with Crippen molar-refractivity contribution in [2.75, 3.05) is 35.0 Å². The van der Waals surface area contributed by atoms with Crippen LogP contribution >= 0.6 is 11.6 Å². The fourth-order valence-corrected chi connectivity index (χ4v) is 2.86. The van der Waals surface area contributed by atoms with E-state index in [4.69, 9.17) is 30.5 Å². The van der Waals surface area contributed by atoms with Crippen LogP contribution in [-0.4, -0.2) is 35.0 Å². The summed E-state index contributed by atoms with van der Waals surface area (Å²) in [6.07, 6.45) is 0.861. The number of hydrogen-bond donors (Lipinski definition) is 1. The van der Waals surface area contributed by atoms with Crippen molar-refractivity contribution in [1.29, 1.82) is 0 Å². The van der Waals surface area contributed by atoms with Gasteiger partial charge in [0.05, 0.1) is 28.4 Å². The molecule has 25 heavy (non-hydrogen) atoms. The SMILES string of the molecule is COc1ccc(CCNCc2cc(Cl)cc(OC)c2OC)cc1OC. The van der Waals surface area contributed by atoms with Gasteiger partial charge in [-0.25, -0.2) is 0 Å². The summed E-state index contributed by atoms with van der Waals surface area (Å²) in [5.41, 5.74) is 2.12. The second-order valence-corrected chi connectivity index (χ2v) is 5.85. The molecule has 2 rings (SSSR count). The van der Waals surface area contributed by atoms with Crippen LogP contribution in [0.25, 0.3) is 0 Å². The van der Waals surface area contributed by atoms with Gasteiger partial charge >= 0.3 is 0 Å². The number of rotatable bonds is 9. The van der Waals surface area contributed by atoms with Crippen LogP contribution in [0.15, 0.2) is 30.3 Å². The van der Waals surface area contributed by atoms with Crippen molar-refractivity contribution < 1.29 is 18.9 Å². The molecule has 0 aliphatic heterocycles. The molecule has 0 saturated heterocycles. The van der Waals surface area contributed by atoms with E-state index in [0.717, 1.165) is 30.0 Å². The first kappa shape index (κ1) is 19.2. The van der Waals surface area contributed by atoms with Crippen LogP contribution < -0.4 is 24.3 Å². The number of halogens is 1. The van der Waals surface area contributed by atoms with Crippen LogP contribution in [0.3, 0.4) is 0 Å². The topological polar surface area (TPSA) is 49.0 Å². The van der Waals surface area contributed by atoms with E-state index < -0.39 is 0 Å². The Morgan fingerprint density at radius 1 is 0.840 bits per heavy atom. The molecule has 1 N–H and O–H groups in total. The summed E-state index contributed by atoms with van der Waals surface area (Å²) in [4.78, 5) is 0. The maximum absolute atomic E-state index is 6.14. The minimum atomic E-state index is 0.620. The van der Waals surface area contributed by atoms with Gasteiger partial charge < -0.3 is 24.3 Å². The molecule has 2 aromatic rings. The van der Waals surface area contributed by atoms with Crippen LogP contribution in [0.4, 0.5) is 0 Å². The van der Waals surface area contributed by atoms with Crippen LogP contribution in [-0.2, 0) is 13.0 Å². The Hall–Kier alpha value is -2.11. The van der Waals surface area contributed by atoms with E-state index in [0.29, 0.717) is 23.1 Å². The van der Waals surface area contributed by atoms with Gasteiger partial charge in [0.2, 0.25) is 0 Å². The molecular formula is C19H24ClNO4. The molecule has 0 saturated carbocycles. The Balaban J connectivity index is 1.97. The number of benzene rings is 2. The third-order valence-electron chi connectivity index (χ3n) is 3.87. The zero-order chi connectivity index (χ0) is 18.2. The first-order valence-electron chi connectivity index (χ1n) is 7.95. The van der Waals surface area contributed by atoms with Gasteiger partial charge in [0.15, 0.2) is 23.0 Å². The van der Waals surface area contributed by atoms with Gasteiger partial charge in [-0.15, -0.1) is 0 Å². The van der Waals surface area contributed by atoms with Crippen LogP contribution in [0, 0.1) is 0 Å². The maximum Gasteiger partial charge on any atom is 0.165 e. The molecule has 0 heterocycles. The van der Waals surface area contributed by atoms with Crippen molar-refractivity contribution in [1.82, 2.24) is 5.32 Å². The second kappa shape index (κ2) is 9.39. The number of nitrogens with one attached hydrogen (secondary N) is 1. The predicted octanol–water partition coefficient (Wildman–Crippen LogP) is 3.71. The molecule has 0 spiro atoms. The molecular weight excluding hydrogens is 342 g/mol. The summed E-state index contributed by atoms with van der Waals surface area (Å²) < 4.78 is 21.3. The summed E-state index contributed by atoms with van der Waals surface area (Å²) in [7, 11) is 6.49. The van der Waals surface area contributed by atoms with Crippen LogP contribution in [0.1, 0.15) is 11.1 Å². The molecule has 0 radical (unpaired) electrons. The monoisotopic (exact) mass is 365 g/mol. The van der Waals surface area contributed by atoms with Crippen LogP contribution in [0.5, 0.6) is 23.0 Å². The number of ether oxygens (including phenoxy) is 4. The quantitative estimate of drug-likeness (QED) is 0.686. The lowest BCUT2D eigenvalue weighted by molar-refractivity contribution is 0.350. The molecule has 0 aliphatic rings. The first-order chi connectivity index (χ1) is 12.1. The summed E-state index contributed by atoms with van der Waals surface area (Å²) in [5.74, 6) is 2.80. The standard InChI is InChI=1S/C19H24ClNO4/c1-22-16-6-5-13(9-17(16)23-2)7-8-21-12-14-10-15(20)11-18(24-3)19(14)25-4/h5-6,9-11,21H,7-8,12H2,1-4H3. The minimum Gasteiger partial charge on any atom is -0.493 e.